The Morgan fingerprint density at radius 1 is 1.19 bits per heavy atom. The Hall–Kier alpha value is -1.84. The molecule has 1 fully saturated rings. The number of benzene rings is 1. The van der Waals surface area contributed by atoms with E-state index >= 15 is 0 Å². The summed E-state index contributed by atoms with van der Waals surface area (Å²) in [5.41, 5.74) is 1.14. The number of hydrogen-bond acceptors (Lipinski definition) is 2. The van der Waals surface area contributed by atoms with Gasteiger partial charge in [-0.1, -0.05) is 37.3 Å². The predicted octanol–water partition coefficient (Wildman–Crippen LogP) is 1.99. The zero-order chi connectivity index (χ0) is 15.1. The van der Waals surface area contributed by atoms with Crippen LogP contribution in [-0.4, -0.2) is 36.3 Å². The molecule has 0 spiro atoms. The maximum atomic E-state index is 12.0. The number of piperidine rings is 1. The van der Waals surface area contributed by atoms with Crippen molar-refractivity contribution in [2.45, 2.75) is 32.6 Å². The van der Waals surface area contributed by atoms with E-state index in [1.54, 1.807) is 0 Å². The summed E-state index contributed by atoms with van der Waals surface area (Å²) < 4.78 is 0. The van der Waals surface area contributed by atoms with Gasteiger partial charge < -0.3 is 10.2 Å². The fourth-order valence-electron chi connectivity index (χ4n) is 2.53. The van der Waals surface area contributed by atoms with Crippen molar-refractivity contribution >= 4 is 11.8 Å². The van der Waals surface area contributed by atoms with Gasteiger partial charge in [-0.15, -0.1) is 0 Å². The number of carbonyl (C=O) groups is 2. The van der Waals surface area contributed by atoms with Crippen LogP contribution in [0, 0.1) is 5.92 Å². The van der Waals surface area contributed by atoms with Crippen molar-refractivity contribution in [3.63, 3.8) is 0 Å². The summed E-state index contributed by atoms with van der Waals surface area (Å²) in [6, 6.07) is 9.91. The average molecular weight is 288 g/mol. The normalized spacial score (nSPS) is 15.8. The Kier molecular flexibility index (Phi) is 5.78. The first-order valence-corrected chi connectivity index (χ1v) is 7.73. The van der Waals surface area contributed by atoms with Crippen LogP contribution in [0.3, 0.4) is 0 Å². The number of rotatable bonds is 5. The SMILES string of the molecule is CC1CCN(C(=O)CNC(=O)CCc2ccccc2)CC1. The van der Waals surface area contributed by atoms with Crippen LogP contribution < -0.4 is 5.32 Å². The van der Waals surface area contributed by atoms with Gasteiger partial charge in [-0.25, -0.2) is 0 Å². The summed E-state index contributed by atoms with van der Waals surface area (Å²) in [6.07, 6.45) is 3.26. The van der Waals surface area contributed by atoms with Crippen LogP contribution >= 0.6 is 0 Å². The lowest BCUT2D eigenvalue weighted by Crippen LogP contribution is -2.43. The van der Waals surface area contributed by atoms with Crippen LogP contribution in [0.5, 0.6) is 0 Å². The van der Waals surface area contributed by atoms with E-state index in [1.807, 2.05) is 35.2 Å². The van der Waals surface area contributed by atoms with Gasteiger partial charge in [0, 0.05) is 19.5 Å². The molecule has 4 heteroatoms. The Morgan fingerprint density at radius 2 is 1.86 bits per heavy atom. The lowest BCUT2D eigenvalue weighted by molar-refractivity contribution is -0.133. The second-order valence-corrected chi connectivity index (χ2v) is 5.83. The minimum atomic E-state index is -0.0578. The second-order valence-electron chi connectivity index (χ2n) is 5.83. The first-order valence-electron chi connectivity index (χ1n) is 7.73. The number of hydrogen-bond donors (Lipinski definition) is 1. The van der Waals surface area contributed by atoms with Crippen molar-refractivity contribution in [2.75, 3.05) is 19.6 Å². The number of nitrogens with zero attached hydrogens (tertiary/aromatic N) is 1. The summed E-state index contributed by atoms with van der Waals surface area (Å²) in [4.78, 5) is 25.6. The molecule has 2 amide bonds. The van der Waals surface area contributed by atoms with Gasteiger partial charge in [0.15, 0.2) is 0 Å². The highest BCUT2D eigenvalue weighted by Gasteiger charge is 2.20. The fraction of sp³-hybridized carbons (Fsp3) is 0.529. The molecule has 1 heterocycles. The Labute approximate surface area is 126 Å². The molecule has 0 atom stereocenters. The molecule has 0 saturated carbocycles. The van der Waals surface area contributed by atoms with E-state index in [0.29, 0.717) is 18.8 Å². The standard InChI is InChI=1S/C17H24N2O2/c1-14-9-11-19(12-10-14)17(21)13-18-16(20)8-7-15-5-3-2-4-6-15/h2-6,14H,7-13H2,1H3,(H,18,20). The van der Waals surface area contributed by atoms with Gasteiger partial charge in [0.25, 0.3) is 0 Å². The van der Waals surface area contributed by atoms with Gasteiger partial charge in [0.1, 0.15) is 0 Å². The highest BCUT2D eigenvalue weighted by molar-refractivity contribution is 5.84. The molecule has 4 nitrogen and oxygen atoms in total. The molecule has 2 rings (SSSR count). The molecule has 1 aliphatic heterocycles. The van der Waals surface area contributed by atoms with E-state index in [1.165, 1.54) is 0 Å². The molecule has 1 aromatic carbocycles. The zero-order valence-electron chi connectivity index (χ0n) is 12.7. The first-order chi connectivity index (χ1) is 10.1. The quantitative estimate of drug-likeness (QED) is 0.901. The summed E-state index contributed by atoms with van der Waals surface area (Å²) in [7, 11) is 0. The second kappa shape index (κ2) is 7.81. The maximum absolute atomic E-state index is 12.0. The molecule has 1 aromatic rings. The van der Waals surface area contributed by atoms with E-state index in [-0.39, 0.29) is 18.4 Å². The number of amides is 2. The van der Waals surface area contributed by atoms with Gasteiger partial charge in [0.05, 0.1) is 6.54 Å². The van der Waals surface area contributed by atoms with Gasteiger partial charge in [0.2, 0.25) is 11.8 Å². The molecule has 1 N–H and O–H groups in total. The molecule has 0 bridgehead atoms. The third kappa shape index (κ3) is 5.21. The van der Waals surface area contributed by atoms with Gasteiger partial charge in [-0.05, 0) is 30.7 Å². The summed E-state index contributed by atoms with van der Waals surface area (Å²) >= 11 is 0. The summed E-state index contributed by atoms with van der Waals surface area (Å²) in [6.45, 7) is 3.98. The van der Waals surface area contributed by atoms with E-state index in [9.17, 15) is 9.59 Å². The Balaban J connectivity index is 1.65. The molecule has 0 aromatic heterocycles. The molecule has 114 valence electrons. The fourth-order valence-corrected chi connectivity index (χ4v) is 2.53. The van der Waals surface area contributed by atoms with Crippen molar-refractivity contribution in [3.8, 4) is 0 Å². The summed E-state index contributed by atoms with van der Waals surface area (Å²) in [5.74, 6) is 0.682. The first kappa shape index (κ1) is 15.5. The minimum absolute atomic E-state index is 0.0370. The van der Waals surface area contributed by atoms with Crippen LogP contribution in [0.15, 0.2) is 30.3 Å². The lowest BCUT2D eigenvalue weighted by Gasteiger charge is -2.30. The van der Waals surface area contributed by atoms with Gasteiger partial charge >= 0.3 is 0 Å². The molecule has 21 heavy (non-hydrogen) atoms. The molecule has 0 radical (unpaired) electrons. The maximum Gasteiger partial charge on any atom is 0.241 e. The van der Waals surface area contributed by atoms with Crippen LogP contribution in [0.2, 0.25) is 0 Å². The number of nitrogens with one attached hydrogen (secondary N) is 1. The lowest BCUT2D eigenvalue weighted by atomic mass is 9.99. The zero-order valence-corrected chi connectivity index (χ0v) is 12.7. The van der Waals surface area contributed by atoms with Crippen LogP contribution in [-0.2, 0) is 16.0 Å². The van der Waals surface area contributed by atoms with Crippen molar-refractivity contribution in [1.82, 2.24) is 10.2 Å². The molecule has 1 aliphatic rings. The molecule has 1 saturated heterocycles. The summed E-state index contributed by atoms with van der Waals surface area (Å²) in [5, 5.41) is 2.73. The van der Waals surface area contributed by atoms with Crippen molar-refractivity contribution in [1.29, 1.82) is 0 Å². The average Bonchev–Trinajstić information content (AvgIpc) is 2.52. The molecular formula is C17H24N2O2. The van der Waals surface area contributed by atoms with E-state index in [0.717, 1.165) is 31.5 Å². The number of aryl methyl sites for hydroxylation is 1. The van der Waals surface area contributed by atoms with Crippen LogP contribution in [0.25, 0.3) is 0 Å². The number of likely N-dealkylation sites (tertiary alicyclic amines) is 1. The largest absolute Gasteiger partial charge is 0.347 e. The van der Waals surface area contributed by atoms with Crippen LogP contribution in [0.4, 0.5) is 0 Å². The third-order valence-electron chi connectivity index (χ3n) is 4.06. The predicted molar refractivity (Wildman–Crippen MR) is 82.8 cm³/mol. The smallest absolute Gasteiger partial charge is 0.241 e. The van der Waals surface area contributed by atoms with E-state index in [4.69, 9.17) is 0 Å². The molecule has 0 aliphatic carbocycles. The highest BCUT2D eigenvalue weighted by atomic mass is 16.2. The van der Waals surface area contributed by atoms with Gasteiger partial charge in [-0.3, -0.25) is 9.59 Å². The van der Waals surface area contributed by atoms with Crippen molar-refractivity contribution < 1.29 is 9.59 Å². The van der Waals surface area contributed by atoms with Crippen molar-refractivity contribution in [2.24, 2.45) is 5.92 Å². The van der Waals surface area contributed by atoms with Crippen LogP contribution in [0.1, 0.15) is 31.7 Å². The van der Waals surface area contributed by atoms with E-state index < -0.39 is 0 Å². The highest BCUT2D eigenvalue weighted by Crippen LogP contribution is 2.15. The minimum Gasteiger partial charge on any atom is -0.347 e. The van der Waals surface area contributed by atoms with Crippen molar-refractivity contribution in [3.05, 3.63) is 35.9 Å². The molecular weight excluding hydrogens is 264 g/mol. The third-order valence-corrected chi connectivity index (χ3v) is 4.06. The van der Waals surface area contributed by atoms with E-state index in [2.05, 4.69) is 12.2 Å². The molecule has 0 unspecified atom stereocenters. The Morgan fingerprint density at radius 3 is 2.52 bits per heavy atom. The Bertz CT molecular complexity index is 465. The topological polar surface area (TPSA) is 49.4 Å². The number of carbonyl (C=O) groups excluding carboxylic acids is 2. The van der Waals surface area contributed by atoms with Gasteiger partial charge in [-0.2, -0.15) is 0 Å². The monoisotopic (exact) mass is 288 g/mol.